The van der Waals surface area contributed by atoms with Gasteiger partial charge in [-0.05, 0) is 62.9 Å². The molecule has 18 heavy (non-hydrogen) atoms. The van der Waals surface area contributed by atoms with Gasteiger partial charge in [0, 0.05) is 6.54 Å². The Bertz CT molecular complexity index is 548. The van der Waals surface area contributed by atoms with Crippen LogP contribution in [0.5, 0.6) is 0 Å². The minimum Gasteiger partial charge on any atom is -0.392 e. The zero-order chi connectivity index (χ0) is 14.1. The molecule has 4 nitrogen and oxygen atoms in total. The maximum Gasteiger partial charge on any atom is 0.240 e. The second-order valence-electron chi connectivity index (χ2n) is 4.77. The first-order valence-corrected chi connectivity index (χ1v) is 7.40. The summed E-state index contributed by atoms with van der Waals surface area (Å²) in [6.07, 6.45) is -0.701. The number of rotatable bonds is 4. The average Bonchev–Trinajstić information content (AvgIpc) is 2.28. The maximum atomic E-state index is 12.2. The standard InChI is InChI=1S/C13H21NO3S/c1-8-6-13(12(5)11(4)10(8)3)18(16,17)14-7-9(2)15/h6,9,14-15H,7H2,1-5H3/t9-/m1/s1. The predicted octanol–water partition coefficient (Wildman–Crippen LogP) is 1.58. The molecule has 1 aromatic rings. The Labute approximate surface area is 109 Å². The van der Waals surface area contributed by atoms with E-state index in [4.69, 9.17) is 5.11 Å². The smallest absolute Gasteiger partial charge is 0.240 e. The van der Waals surface area contributed by atoms with Crippen LogP contribution in [-0.4, -0.2) is 26.2 Å². The van der Waals surface area contributed by atoms with E-state index in [0.29, 0.717) is 4.90 Å². The summed E-state index contributed by atoms with van der Waals surface area (Å²) in [7, 11) is -3.56. The zero-order valence-corrected chi connectivity index (χ0v) is 12.4. The topological polar surface area (TPSA) is 66.4 Å². The van der Waals surface area contributed by atoms with Crippen LogP contribution in [0.25, 0.3) is 0 Å². The number of aliphatic hydroxyl groups is 1. The first-order valence-electron chi connectivity index (χ1n) is 5.92. The molecule has 0 fully saturated rings. The van der Waals surface area contributed by atoms with Gasteiger partial charge < -0.3 is 5.11 Å². The van der Waals surface area contributed by atoms with Gasteiger partial charge in [0.15, 0.2) is 0 Å². The van der Waals surface area contributed by atoms with Crippen LogP contribution in [0, 0.1) is 27.7 Å². The fraction of sp³-hybridized carbons (Fsp3) is 0.538. The van der Waals surface area contributed by atoms with Crippen LogP contribution in [0.4, 0.5) is 0 Å². The van der Waals surface area contributed by atoms with Gasteiger partial charge in [0.2, 0.25) is 10.0 Å². The van der Waals surface area contributed by atoms with Crippen LogP contribution in [-0.2, 0) is 10.0 Å². The lowest BCUT2D eigenvalue weighted by atomic mass is 10.00. The Morgan fingerprint density at radius 3 is 2.22 bits per heavy atom. The molecule has 0 aromatic heterocycles. The molecule has 0 heterocycles. The predicted molar refractivity (Wildman–Crippen MR) is 72.3 cm³/mol. The number of hydrogen-bond acceptors (Lipinski definition) is 3. The molecular formula is C13H21NO3S. The van der Waals surface area contributed by atoms with E-state index in [0.717, 1.165) is 22.3 Å². The monoisotopic (exact) mass is 271 g/mol. The highest BCUT2D eigenvalue weighted by Crippen LogP contribution is 2.24. The lowest BCUT2D eigenvalue weighted by Crippen LogP contribution is -2.31. The molecule has 0 radical (unpaired) electrons. The first kappa shape index (κ1) is 15.1. The maximum absolute atomic E-state index is 12.2. The highest BCUT2D eigenvalue weighted by atomic mass is 32.2. The lowest BCUT2D eigenvalue weighted by molar-refractivity contribution is 0.198. The summed E-state index contributed by atoms with van der Waals surface area (Å²) in [6, 6.07) is 1.68. The van der Waals surface area contributed by atoms with Crippen molar-refractivity contribution in [1.29, 1.82) is 0 Å². The van der Waals surface area contributed by atoms with E-state index < -0.39 is 16.1 Å². The highest BCUT2D eigenvalue weighted by Gasteiger charge is 2.19. The number of aryl methyl sites for hydroxylation is 1. The fourth-order valence-corrected chi connectivity index (χ4v) is 3.27. The van der Waals surface area contributed by atoms with E-state index in [1.165, 1.54) is 0 Å². The molecule has 0 aliphatic heterocycles. The second-order valence-corrected chi connectivity index (χ2v) is 6.50. The van der Waals surface area contributed by atoms with E-state index in [1.54, 1.807) is 19.9 Å². The largest absolute Gasteiger partial charge is 0.392 e. The third-order valence-corrected chi connectivity index (χ3v) is 4.84. The minimum absolute atomic E-state index is 0.0216. The second kappa shape index (κ2) is 5.38. The highest BCUT2D eigenvalue weighted by molar-refractivity contribution is 7.89. The summed E-state index contributed by atoms with van der Waals surface area (Å²) >= 11 is 0. The van der Waals surface area contributed by atoms with Crippen molar-refractivity contribution in [2.24, 2.45) is 0 Å². The van der Waals surface area contributed by atoms with Crippen LogP contribution < -0.4 is 4.72 Å². The summed E-state index contributed by atoms with van der Waals surface area (Å²) in [6.45, 7) is 9.17. The van der Waals surface area contributed by atoms with Crippen molar-refractivity contribution in [3.8, 4) is 0 Å². The van der Waals surface area contributed by atoms with Crippen molar-refractivity contribution in [2.45, 2.75) is 45.6 Å². The third-order valence-electron chi connectivity index (χ3n) is 3.29. The molecule has 0 saturated heterocycles. The third kappa shape index (κ3) is 3.10. The number of aliphatic hydroxyl groups excluding tert-OH is 1. The van der Waals surface area contributed by atoms with Crippen LogP contribution in [0.2, 0.25) is 0 Å². The summed E-state index contributed by atoms with van der Waals surface area (Å²) in [5.41, 5.74) is 3.82. The van der Waals surface area contributed by atoms with Gasteiger partial charge in [0.05, 0.1) is 11.0 Å². The Hall–Kier alpha value is -0.910. The van der Waals surface area contributed by atoms with Gasteiger partial charge in [-0.25, -0.2) is 13.1 Å². The Balaban J connectivity index is 3.25. The minimum atomic E-state index is -3.56. The van der Waals surface area contributed by atoms with E-state index in [2.05, 4.69) is 4.72 Å². The van der Waals surface area contributed by atoms with E-state index >= 15 is 0 Å². The molecule has 0 aliphatic carbocycles. The van der Waals surface area contributed by atoms with Crippen LogP contribution in [0.3, 0.4) is 0 Å². The van der Waals surface area contributed by atoms with Gasteiger partial charge in [-0.15, -0.1) is 0 Å². The lowest BCUT2D eigenvalue weighted by Gasteiger charge is -2.15. The quantitative estimate of drug-likeness (QED) is 0.873. The van der Waals surface area contributed by atoms with Crippen LogP contribution in [0.15, 0.2) is 11.0 Å². The van der Waals surface area contributed by atoms with Crippen molar-refractivity contribution in [3.05, 3.63) is 28.3 Å². The first-order chi connectivity index (χ1) is 8.16. The molecule has 0 unspecified atom stereocenters. The Morgan fingerprint density at radius 2 is 1.72 bits per heavy atom. The summed E-state index contributed by atoms with van der Waals surface area (Å²) in [4.78, 5) is 0.295. The van der Waals surface area contributed by atoms with E-state index in [-0.39, 0.29) is 6.54 Å². The molecule has 0 amide bonds. The molecule has 1 rings (SSSR count). The van der Waals surface area contributed by atoms with Gasteiger partial charge >= 0.3 is 0 Å². The molecule has 1 aromatic carbocycles. The van der Waals surface area contributed by atoms with Gasteiger partial charge in [0.1, 0.15) is 0 Å². The number of benzene rings is 1. The van der Waals surface area contributed by atoms with E-state index in [1.807, 2.05) is 20.8 Å². The Morgan fingerprint density at radius 1 is 1.17 bits per heavy atom. The van der Waals surface area contributed by atoms with E-state index in [9.17, 15) is 8.42 Å². The van der Waals surface area contributed by atoms with Gasteiger partial charge in [-0.3, -0.25) is 0 Å². The SMILES string of the molecule is Cc1cc(S(=O)(=O)NC[C@@H](C)O)c(C)c(C)c1C. The van der Waals surface area contributed by atoms with Crippen molar-refractivity contribution in [2.75, 3.05) is 6.54 Å². The van der Waals surface area contributed by atoms with Gasteiger partial charge in [-0.2, -0.15) is 0 Å². The van der Waals surface area contributed by atoms with Crippen LogP contribution >= 0.6 is 0 Å². The van der Waals surface area contributed by atoms with Gasteiger partial charge in [0.25, 0.3) is 0 Å². The number of nitrogens with one attached hydrogen (secondary N) is 1. The summed E-state index contributed by atoms with van der Waals surface area (Å²) < 4.78 is 26.7. The molecule has 2 N–H and O–H groups in total. The van der Waals surface area contributed by atoms with Crippen LogP contribution in [0.1, 0.15) is 29.2 Å². The van der Waals surface area contributed by atoms with Crippen molar-refractivity contribution in [1.82, 2.24) is 4.72 Å². The molecule has 0 spiro atoms. The molecule has 1 atom stereocenters. The van der Waals surface area contributed by atoms with Gasteiger partial charge in [-0.1, -0.05) is 0 Å². The van der Waals surface area contributed by atoms with Crippen molar-refractivity contribution in [3.63, 3.8) is 0 Å². The molecular weight excluding hydrogens is 250 g/mol. The van der Waals surface area contributed by atoms with Crippen molar-refractivity contribution >= 4 is 10.0 Å². The Kier molecular flexibility index (Phi) is 4.53. The zero-order valence-electron chi connectivity index (χ0n) is 11.5. The number of hydrogen-bond donors (Lipinski definition) is 2. The average molecular weight is 271 g/mol. The van der Waals surface area contributed by atoms with Crippen molar-refractivity contribution < 1.29 is 13.5 Å². The fourth-order valence-electron chi connectivity index (χ4n) is 1.76. The molecule has 0 saturated carbocycles. The number of sulfonamides is 1. The molecule has 5 heteroatoms. The molecule has 0 aliphatic rings. The summed E-state index contributed by atoms with van der Waals surface area (Å²) in [5.74, 6) is 0. The normalized spacial score (nSPS) is 13.7. The summed E-state index contributed by atoms with van der Waals surface area (Å²) in [5, 5.41) is 9.16. The molecule has 102 valence electrons. The molecule has 0 bridgehead atoms.